The van der Waals surface area contributed by atoms with Crippen LogP contribution in [0.25, 0.3) is 0 Å². The molecule has 3 N–H and O–H groups in total. The lowest BCUT2D eigenvalue weighted by atomic mass is 9.96. The van der Waals surface area contributed by atoms with Gasteiger partial charge in [0.2, 0.25) is 5.91 Å². The predicted octanol–water partition coefficient (Wildman–Crippen LogP) is 1.10. The Kier molecular flexibility index (Phi) is 3.91. The molecule has 0 bridgehead atoms. The summed E-state index contributed by atoms with van der Waals surface area (Å²) in [6, 6.07) is 7.53. The second kappa shape index (κ2) is 5.61. The monoisotopic (exact) mass is 258 g/mol. The predicted molar refractivity (Wildman–Crippen MR) is 74.6 cm³/mol. The van der Waals surface area contributed by atoms with Crippen molar-refractivity contribution in [3.05, 3.63) is 23.8 Å². The Labute approximate surface area is 113 Å². The number of carbonyl (C=O) groups is 1. The van der Waals surface area contributed by atoms with Crippen molar-refractivity contribution in [3.63, 3.8) is 0 Å². The molecule has 1 saturated heterocycles. The average molecular weight is 258 g/mol. The lowest BCUT2D eigenvalue weighted by molar-refractivity contribution is -0.124. The lowest BCUT2D eigenvalue weighted by Crippen LogP contribution is -2.42. The van der Waals surface area contributed by atoms with Crippen LogP contribution in [0.2, 0.25) is 0 Å². The molecule has 1 aliphatic rings. The highest BCUT2D eigenvalue weighted by Crippen LogP contribution is 2.26. The summed E-state index contributed by atoms with van der Waals surface area (Å²) in [7, 11) is 1.66. The molecule has 1 heterocycles. The van der Waals surface area contributed by atoms with Crippen LogP contribution >= 0.6 is 0 Å². The minimum absolute atomic E-state index is 0.0156. The van der Waals surface area contributed by atoms with Gasteiger partial charge in [0.25, 0.3) is 0 Å². The molecule has 1 amide bonds. The quantitative estimate of drug-likeness (QED) is 0.778. The van der Waals surface area contributed by atoms with Crippen molar-refractivity contribution >= 4 is 17.3 Å². The number of nitrogens with one attached hydrogen (secondary N) is 1. The number of piperidine rings is 1. The van der Waals surface area contributed by atoms with Crippen LogP contribution in [0, 0.1) is 17.2 Å². The molecule has 1 aromatic rings. The number of hydrogen-bond donors (Lipinski definition) is 2. The minimum atomic E-state index is 0.0156. The summed E-state index contributed by atoms with van der Waals surface area (Å²) in [5.74, 6) is 0.0995. The van der Waals surface area contributed by atoms with Crippen LogP contribution in [0.5, 0.6) is 0 Å². The number of anilines is 2. The van der Waals surface area contributed by atoms with Crippen LogP contribution in [0.1, 0.15) is 18.4 Å². The largest absolute Gasteiger partial charge is 0.398 e. The first-order valence-corrected chi connectivity index (χ1v) is 6.42. The highest BCUT2D eigenvalue weighted by molar-refractivity contribution is 5.79. The fraction of sp³-hybridized carbons (Fsp3) is 0.429. The van der Waals surface area contributed by atoms with E-state index in [1.165, 1.54) is 0 Å². The maximum Gasteiger partial charge on any atom is 0.224 e. The van der Waals surface area contributed by atoms with Crippen LogP contribution in [-0.2, 0) is 4.79 Å². The van der Waals surface area contributed by atoms with Gasteiger partial charge in [-0.1, -0.05) is 0 Å². The van der Waals surface area contributed by atoms with Gasteiger partial charge in [-0.25, -0.2) is 0 Å². The Hall–Kier alpha value is -2.22. The highest BCUT2D eigenvalue weighted by Gasteiger charge is 2.25. The first kappa shape index (κ1) is 13.2. The number of amides is 1. The van der Waals surface area contributed by atoms with E-state index >= 15 is 0 Å². The van der Waals surface area contributed by atoms with Gasteiger partial charge >= 0.3 is 0 Å². The van der Waals surface area contributed by atoms with Crippen molar-refractivity contribution < 1.29 is 4.79 Å². The van der Waals surface area contributed by atoms with E-state index in [2.05, 4.69) is 16.3 Å². The SMILES string of the molecule is CNC(=O)C1CCCN(c2ccc(N)c(C#N)c2)C1. The summed E-state index contributed by atoms with van der Waals surface area (Å²) in [5.41, 5.74) is 7.66. The molecule has 0 radical (unpaired) electrons. The Morgan fingerprint density at radius 2 is 2.37 bits per heavy atom. The van der Waals surface area contributed by atoms with Gasteiger partial charge in [-0.05, 0) is 31.0 Å². The molecule has 0 aromatic heterocycles. The second-order valence-corrected chi connectivity index (χ2v) is 4.78. The van der Waals surface area contributed by atoms with Crippen LogP contribution in [-0.4, -0.2) is 26.0 Å². The van der Waals surface area contributed by atoms with Crippen molar-refractivity contribution in [1.82, 2.24) is 5.32 Å². The van der Waals surface area contributed by atoms with E-state index in [9.17, 15) is 4.79 Å². The number of nitrogens with zero attached hydrogens (tertiary/aromatic N) is 2. The van der Waals surface area contributed by atoms with E-state index < -0.39 is 0 Å². The molecule has 1 aromatic carbocycles. The number of nitrogen functional groups attached to an aromatic ring is 1. The molecule has 2 rings (SSSR count). The Balaban J connectivity index is 2.18. The average Bonchev–Trinajstić information content (AvgIpc) is 2.47. The maximum atomic E-state index is 11.7. The van der Waals surface area contributed by atoms with E-state index in [1.807, 2.05) is 6.07 Å². The molecule has 1 atom stereocenters. The summed E-state index contributed by atoms with van der Waals surface area (Å²) in [6.45, 7) is 1.59. The third-order valence-electron chi connectivity index (χ3n) is 3.56. The Bertz CT molecular complexity index is 521. The van der Waals surface area contributed by atoms with Gasteiger partial charge in [0.15, 0.2) is 0 Å². The maximum absolute atomic E-state index is 11.7. The zero-order valence-electron chi connectivity index (χ0n) is 11.0. The molecule has 0 saturated carbocycles. The third-order valence-corrected chi connectivity index (χ3v) is 3.56. The smallest absolute Gasteiger partial charge is 0.224 e. The molecule has 1 aliphatic heterocycles. The van der Waals surface area contributed by atoms with E-state index in [0.717, 1.165) is 25.1 Å². The topological polar surface area (TPSA) is 82.2 Å². The number of nitriles is 1. The Morgan fingerprint density at radius 3 is 3.05 bits per heavy atom. The van der Waals surface area contributed by atoms with Crippen molar-refractivity contribution in [2.75, 3.05) is 30.8 Å². The number of hydrogen-bond acceptors (Lipinski definition) is 4. The van der Waals surface area contributed by atoms with E-state index in [4.69, 9.17) is 11.0 Å². The van der Waals surface area contributed by atoms with Crippen LogP contribution in [0.4, 0.5) is 11.4 Å². The van der Waals surface area contributed by atoms with Gasteiger partial charge in [0.05, 0.1) is 11.5 Å². The first-order chi connectivity index (χ1) is 9.15. The highest BCUT2D eigenvalue weighted by atomic mass is 16.1. The number of rotatable bonds is 2. The van der Waals surface area contributed by atoms with Crippen molar-refractivity contribution in [3.8, 4) is 6.07 Å². The summed E-state index contributed by atoms with van der Waals surface area (Å²) in [6.07, 6.45) is 1.89. The molecule has 0 spiro atoms. The first-order valence-electron chi connectivity index (χ1n) is 6.42. The molecule has 5 heteroatoms. The summed E-state index contributed by atoms with van der Waals surface area (Å²) in [5, 5.41) is 11.7. The molecule has 1 fully saturated rings. The van der Waals surface area contributed by atoms with Crippen LogP contribution in [0.15, 0.2) is 18.2 Å². The Morgan fingerprint density at radius 1 is 1.58 bits per heavy atom. The van der Waals surface area contributed by atoms with Gasteiger partial charge in [-0.3, -0.25) is 4.79 Å². The second-order valence-electron chi connectivity index (χ2n) is 4.78. The summed E-state index contributed by atoms with van der Waals surface area (Å²) < 4.78 is 0. The summed E-state index contributed by atoms with van der Waals surface area (Å²) in [4.78, 5) is 13.9. The van der Waals surface area contributed by atoms with Gasteiger partial charge < -0.3 is 16.0 Å². The zero-order valence-corrected chi connectivity index (χ0v) is 11.0. The van der Waals surface area contributed by atoms with Gasteiger partial charge in [0.1, 0.15) is 6.07 Å². The van der Waals surface area contributed by atoms with Gasteiger partial charge in [-0.2, -0.15) is 5.26 Å². The number of carbonyl (C=O) groups excluding carboxylic acids is 1. The number of benzene rings is 1. The van der Waals surface area contributed by atoms with Gasteiger partial charge in [0, 0.05) is 31.5 Å². The van der Waals surface area contributed by atoms with Crippen molar-refractivity contribution in [2.45, 2.75) is 12.8 Å². The van der Waals surface area contributed by atoms with Crippen LogP contribution in [0.3, 0.4) is 0 Å². The van der Waals surface area contributed by atoms with E-state index in [1.54, 1.807) is 19.2 Å². The molecular weight excluding hydrogens is 240 g/mol. The zero-order chi connectivity index (χ0) is 13.8. The molecule has 1 unspecified atom stereocenters. The third kappa shape index (κ3) is 2.79. The van der Waals surface area contributed by atoms with Crippen molar-refractivity contribution in [2.24, 2.45) is 5.92 Å². The van der Waals surface area contributed by atoms with Crippen LogP contribution < -0.4 is 16.0 Å². The van der Waals surface area contributed by atoms with Gasteiger partial charge in [-0.15, -0.1) is 0 Å². The van der Waals surface area contributed by atoms with E-state index in [-0.39, 0.29) is 11.8 Å². The fourth-order valence-electron chi connectivity index (χ4n) is 2.47. The normalized spacial score (nSPS) is 18.7. The minimum Gasteiger partial charge on any atom is -0.398 e. The standard InChI is InChI=1S/C14H18N4O/c1-17-14(19)10-3-2-6-18(9-10)12-4-5-13(16)11(7-12)8-15/h4-5,7,10H,2-3,6,9,16H2,1H3,(H,17,19). The molecule has 5 nitrogen and oxygen atoms in total. The molecule has 0 aliphatic carbocycles. The molecular formula is C14H18N4O. The lowest BCUT2D eigenvalue weighted by Gasteiger charge is -2.33. The summed E-state index contributed by atoms with van der Waals surface area (Å²) >= 11 is 0. The fourth-order valence-corrected chi connectivity index (χ4v) is 2.47. The number of nitrogens with two attached hydrogens (primary N) is 1. The molecule has 100 valence electrons. The molecule has 19 heavy (non-hydrogen) atoms. The van der Waals surface area contributed by atoms with E-state index in [0.29, 0.717) is 17.8 Å². The van der Waals surface area contributed by atoms with Crippen molar-refractivity contribution in [1.29, 1.82) is 5.26 Å².